The highest BCUT2D eigenvalue weighted by Crippen LogP contribution is 2.23. The summed E-state index contributed by atoms with van der Waals surface area (Å²) in [5.74, 6) is 0.470. The zero-order valence-corrected chi connectivity index (χ0v) is 11.7. The van der Waals surface area contributed by atoms with Crippen LogP contribution in [0.5, 0.6) is 0 Å². The summed E-state index contributed by atoms with van der Waals surface area (Å²) in [6.45, 7) is 1.38. The van der Waals surface area contributed by atoms with Crippen LogP contribution in [0.3, 0.4) is 0 Å². The predicted molar refractivity (Wildman–Crippen MR) is 77.6 cm³/mol. The SMILES string of the molecule is COC(=O)c1cc2c([nH]1)NCC(NCc1nccs1)=C2. The van der Waals surface area contributed by atoms with Crippen LogP contribution in [0, 0.1) is 0 Å². The summed E-state index contributed by atoms with van der Waals surface area (Å²) < 4.78 is 4.70. The molecule has 0 amide bonds. The molecule has 3 rings (SSSR count). The lowest BCUT2D eigenvalue weighted by atomic mass is 10.2. The average molecular weight is 290 g/mol. The number of ether oxygens (including phenoxy) is 1. The van der Waals surface area contributed by atoms with Crippen LogP contribution in [0.1, 0.15) is 21.1 Å². The summed E-state index contributed by atoms with van der Waals surface area (Å²) in [6, 6.07) is 1.78. The van der Waals surface area contributed by atoms with Crippen molar-refractivity contribution in [3.63, 3.8) is 0 Å². The number of carbonyl (C=O) groups is 1. The standard InChI is InChI=1S/C13H14N4O2S/c1-19-13(18)10-5-8-4-9(6-16-12(8)17-10)15-7-11-14-2-3-20-11/h2-5,15-17H,6-7H2,1H3. The molecule has 7 heteroatoms. The second-order valence-electron chi connectivity index (χ2n) is 4.31. The first-order valence-electron chi connectivity index (χ1n) is 6.14. The predicted octanol–water partition coefficient (Wildman–Crippen LogP) is 1.81. The Hall–Kier alpha value is -2.28. The van der Waals surface area contributed by atoms with Crippen LogP contribution >= 0.6 is 11.3 Å². The molecule has 1 aliphatic heterocycles. The van der Waals surface area contributed by atoms with Crippen molar-refractivity contribution in [3.8, 4) is 0 Å². The maximum absolute atomic E-state index is 11.5. The number of rotatable bonds is 4. The van der Waals surface area contributed by atoms with E-state index in [9.17, 15) is 4.79 Å². The second kappa shape index (κ2) is 5.38. The van der Waals surface area contributed by atoms with Crippen LogP contribution in [0.2, 0.25) is 0 Å². The summed E-state index contributed by atoms with van der Waals surface area (Å²) in [7, 11) is 1.37. The van der Waals surface area contributed by atoms with Crippen molar-refractivity contribution in [2.24, 2.45) is 0 Å². The Morgan fingerprint density at radius 3 is 3.25 bits per heavy atom. The van der Waals surface area contributed by atoms with Gasteiger partial charge in [0.15, 0.2) is 0 Å². The van der Waals surface area contributed by atoms with E-state index in [0.717, 1.165) is 22.1 Å². The molecular formula is C13H14N4O2S. The normalized spacial score (nSPS) is 13.2. The highest BCUT2D eigenvalue weighted by molar-refractivity contribution is 7.09. The molecule has 0 aromatic carbocycles. The molecule has 1 aliphatic rings. The van der Waals surface area contributed by atoms with E-state index in [1.54, 1.807) is 23.6 Å². The molecule has 0 unspecified atom stereocenters. The third-order valence-corrected chi connectivity index (χ3v) is 3.77. The lowest BCUT2D eigenvalue weighted by molar-refractivity contribution is 0.0595. The fourth-order valence-corrected chi connectivity index (χ4v) is 2.57. The van der Waals surface area contributed by atoms with E-state index in [2.05, 4.69) is 20.6 Å². The lowest BCUT2D eigenvalue weighted by Gasteiger charge is -2.16. The number of H-pyrrole nitrogens is 1. The summed E-state index contributed by atoms with van der Waals surface area (Å²) in [4.78, 5) is 18.7. The molecule has 0 atom stereocenters. The van der Waals surface area contributed by atoms with Crippen molar-refractivity contribution >= 4 is 29.2 Å². The minimum Gasteiger partial charge on any atom is -0.464 e. The summed E-state index contributed by atoms with van der Waals surface area (Å²) >= 11 is 1.62. The number of fused-ring (bicyclic) bond motifs is 1. The number of thiazole rings is 1. The molecule has 0 saturated carbocycles. The quantitative estimate of drug-likeness (QED) is 0.749. The van der Waals surface area contributed by atoms with Gasteiger partial charge in [-0.25, -0.2) is 9.78 Å². The fraction of sp³-hybridized carbons (Fsp3) is 0.231. The topological polar surface area (TPSA) is 79.0 Å². The van der Waals surface area contributed by atoms with Crippen molar-refractivity contribution in [1.82, 2.24) is 15.3 Å². The van der Waals surface area contributed by atoms with E-state index in [1.165, 1.54) is 7.11 Å². The first-order valence-corrected chi connectivity index (χ1v) is 7.02. The van der Waals surface area contributed by atoms with Crippen molar-refractivity contribution in [1.29, 1.82) is 0 Å². The summed E-state index contributed by atoms with van der Waals surface area (Å²) in [5.41, 5.74) is 2.45. The molecule has 0 fully saturated rings. The van der Waals surface area contributed by atoms with Crippen LogP contribution in [-0.2, 0) is 11.3 Å². The van der Waals surface area contributed by atoms with Gasteiger partial charge in [0.1, 0.15) is 16.5 Å². The Morgan fingerprint density at radius 2 is 2.50 bits per heavy atom. The van der Waals surface area contributed by atoms with E-state index in [1.807, 2.05) is 11.5 Å². The summed E-state index contributed by atoms with van der Waals surface area (Å²) in [5, 5.41) is 9.56. The Balaban J connectivity index is 1.72. The molecule has 3 N–H and O–H groups in total. The largest absolute Gasteiger partial charge is 0.464 e. The molecule has 20 heavy (non-hydrogen) atoms. The van der Waals surface area contributed by atoms with Gasteiger partial charge in [0.2, 0.25) is 0 Å². The van der Waals surface area contributed by atoms with Gasteiger partial charge in [0.05, 0.1) is 20.2 Å². The molecule has 104 valence electrons. The van der Waals surface area contributed by atoms with E-state index in [4.69, 9.17) is 4.74 Å². The molecule has 6 nitrogen and oxygen atoms in total. The molecular weight excluding hydrogens is 276 g/mol. The highest BCUT2D eigenvalue weighted by Gasteiger charge is 2.16. The molecule has 0 spiro atoms. The zero-order chi connectivity index (χ0) is 13.9. The molecule has 0 bridgehead atoms. The Morgan fingerprint density at radius 1 is 1.60 bits per heavy atom. The molecule has 0 aliphatic carbocycles. The molecule has 2 aromatic heterocycles. The zero-order valence-electron chi connectivity index (χ0n) is 10.9. The highest BCUT2D eigenvalue weighted by atomic mass is 32.1. The van der Waals surface area contributed by atoms with Crippen LogP contribution in [0.15, 0.2) is 23.3 Å². The van der Waals surface area contributed by atoms with Crippen molar-refractivity contribution in [2.45, 2.75) is 6.54 Å². The minimum absolute atomic E-state index is 0.369. The van der Waals surface area contributed by atoms with E-state index in [0.29, 0.717) is 18.8 Å². The third kappa shape index (κ3) is 2.53. The van der Waals surface area contributed by atoms with Crippen LogP contribution < -0.4 is 10.6 Å². The van der Waals surface area contributed by atoms with Gasteiger partial charge in [-0.05, 0) is 12.1 Å². The van der Waals surface area contributed by atoms with Crippen LogP contribution in [0.4, 0.5) is 5.82 Å². The van der Waals surface area contributed by atoms with Crippen molar-refractivity contribution < 1.29 is 9.53 Å². The monoisotopic (exact) mass is 290 g/mol. The molecule has 3 heterocycles. The number of esters is 1. The molecule has 2 aromatic rings. The van der Waals surface area contributed by atoms with Crippen LogP contribution in [0.25, 0.3) is 6.08 Å². The maximum atomic E-state index is 11.5. The number of anilines is 1. The smallest absolute Gasteiger partial charge is 0.354 e. The van der Waals surface area contributed by atoms with Gasteiger partial charge in [-0.3, -0.25) is 0 Å². The number of hydrogen-bond acceptors (Lipinski definition) is 6. The fourth-order valence-electron chi connectivity index (χ4n) is 2.02. The van der Waals surface area contributed by atoms with Crippen molar-refractivity contribution in [3.05, 3.63) is 39.6 Å². The Bertz CT molecular complexity index is 645. The molecule has 0 radical (unpaired) electrons. The lowest BCUT2D eigenvalue weighted by Crippen LogP contribution is -2.22. The van der Waals surface area contributed by atoms with Gasteiger partial charge >= 0.3 is 5.97 Å². The number of carbonyl (C=O) groups excluding carboxylic acids is 1. The second-order valence-corrected chi connectivity index (χ2v) is 5.29. The number of aromatic nitrogens is 2. The number of hydrogen-bond donors (Lipinski definition) is 3. The van der Waals surface area contributed by atoms with Gasteiger partial charge in [0.25, 0.3) is 0 Å². The average Bonchev–Trinajstić information content (AvgIpc) is 3.12. The van der Waals surface area contributed by atoms with E-state index < -0.39 is 0 Å². The summed E-state index contributed by atoms with van der Waals surface area (Å²) in [6.07, 6.45) is 3.81. The maximum Gasteiger partial charge on any atom is 0.354 e. The first-order chi connectivity index (χ1) is 9.76. The number of nitrogens with zero attached hydrogens (tertiary/aromatic N) is 1. The number of methoxy groups -OCH3 is 1. The molecule has 0 saturated heterocycles. The minimum atomic E-state index is -0.369. The van der Waals surface area contributed by atoms with Gasteiger partial charge in [-0.15, -0.1) is 11.3 Å². The van der Waals surface area contributed by atoms with Crippen molar-refractivity contribution in [2.75, 3.05) is 19.0 Å². The van der Waals surface area contributed by atoms with Gasteiger partial charge < -0.3 is 20.4 Å². The third-order valence-electron chi connectivity index (χ3n) is 2.99. The number of nitrogens with one attached hydrogen (secondary N) is 3. The Labute approximate surface area is 119 Å². The van der Waals surface area contributed by atoms with Gasteiger partial charge in [0, 0.05) is 22.8 Å². The van der Waals surface area contributed by atoms with Gasteiger partial charge in [-0.2, -0.15) is 0 Å². The number of aromatic amines is 1. The van der Waals surface area contributed by atoms with Crippen LogP contribution in [-0.4, -0.2) is 29.6 Å². The first kappa shape index (κ1) is 12.7. The van der Waals surface area contributed by atoms with E-state index in [-0.39, 0.29) is 5.97 Å². The van der Waals surface area contributed by atoms with E-state index >= 15 is 0 Å². The van der Waals surface area contributed by atoms with Gasteiger partial charge in [-0.1, -0.05) is 0 Å². The Kier molecular flexibility index (Phi) is 3.42.